The predicted molar refractivity (Wildman–Crippen MR) is 227 cm³/mol. The fourth-order valence-corrected chi connectivity index (χ4v) is 8.03. The van der Waals surface area contributed by atoms with Gasteiger partial charge >= 0.3 is 0 Å². The number of unbranched alkanes of at least 4 members (excludes halogenated alkanes) is 35. The molecule has 0 aliphatic carbocycles. The van der Waals surface area contributed by atoms with Crippen LogP contribution in [0.4, 0.5) is 0 Å². The summed E-state index contributed by atoms with van der Waals surface area (Å²) >= 11 is 0. The van der Waals surface area contributed by atoms with Gasteiger partial charge in [0.15, 0.2) is 12.4 Å². The molecule has 0 saturated heterocycles. The van der Waals surface area contributed by atoms with Crippen LogP contribution in [0.3, 0.4) is 0 Å². The van der Waals surface area contributed by atoms with E-state index in [0.717, 1.165) is 0 Å². The number of nitrogens with zero attached hydrogens (tertiary/aromatic N) is 1. The van der Waals surface area contributed by atoms with E-state index in [4.69, 9.17) is 0 Å². The molecule has 294 valence electrons. The second-order valence-corrected chi connectivity index (χ2v) is 16.6. The van der Waals surface area contributed by atoms with E-state index in [2.05, 4.69) is 43.8 Å². The second-order valence-electron chi connectivity index (χ2n) is 16.6. The highest BCUT2D eigenvalue weighted by Gasteiger charge is 2.10. The zero-order chi connectivity index (χ0) is 35.8. The van der Waals surface area contributed by atoms with E-state index in [9.17, 15) is 0 Å². The van der Waals surface area contributed by atoms with Crippen LogP contribution in [0.2, 0.25) is 0 Å². The van der Waals surface area contributed by atoms with Crippen LogP contribution in [0.25, 0.3) is 0 Å². The molecule has 0 atom stereocenters. The lowest BCUT2D eigenvalue weighted by Crippen LogP contribution is -2.34. The van der Waals surface area contributed by atoms with Crippen LogP contribution >= 0.6 is 0 Å². The van der Waals surface area contributed by atoms with E-state index < -0.39 is 0 Å². The lowest BCUT2D eigenvalue weighted by atomic mass is 9.97. The highest BCUT2D eigenvalue weighted by atomic mass is 14.9. The van der Waals surface area contributed by atoms with Crippen molar-refractivity contribution < 1.29 is 4.57 Å². The largest absolute Gasteiger partial charge is 0.205 e. The fraction of sp³-hybridized carbons (Fsp3) is 0.898. The molecular formula is C49H94N+. The molecule has 0 unspecified atom stereocenters. The molecular weight excluding hydrogens is 603 g/mol. The Morgan fingerprint density at radius 2 is 0.560 bits per heavy atom. The minimum absolute atomic E-state index is 1.21. The van der Waals surface area contributed by atoms with Gasteiger partial charge in [-0.25, -0.2) is 4.57 Å². The van der Waals surface area contributed by atoms with E-state index in [1.54, 1.807) is 11.1 Å². The molecule has 0 saturated carbocycles. The smallest absolute Gasteiger partial charge is 0.172 e. The summed E-state index contributed by atoms with van der Waals surface area (Å²) in [6.07, 6.45) is 62.3. The standard InChI is InChI=1S/C49H94N/c1-4-7-10-13-16-19-22-23-24-25-26-29-32-35-38-41-45-50-46-44-48(42-39-36-33-30-27-20-17-14-11-8-5-2)49(47-50)43-40-37-34-31-28-21-18-15-12-9-6-3/h44,46-47H,4-43,45H2,1-3H3/q+1. The van der Waals surface area contributed by atoms with Gasteiger partial charge in [0.2, 0.25) is 0 Å². The molecule has 50 heavy (non-hydrogen) atoms. The first kappa shape index (κ1) is 47.2. The molecule has 1 aromatic heterocycles. The predicted octanol–water partition coefficient (Wildman–Crippen LogP) is 16.9. The Kier molecular flexibility index (Phi) is 37.1. The lowest BCUT2D eigenvalue weighted by Gasteiger charge is -2.10. The quantitative estimate of drug-likeness (QED) is 0.0474. The lowest BCUT2D eigenvalue weighted by molar-refractivity contribution is -0.697. The summed E-state index contributed by atoms with van der Waals surface area (Å²) in [4.78, 5) is 0. The maximum atomic E-state index is 2.56. The zero-order valence-electron chi connectivity index (χ0n) is 35.2. The third kappa shape index (κ3) is 31.9. The first-order valence-electron chi connectivity index (χ1n) is 23.8. The summed E-state index contributed by atoms with van der Waals surface area (Å²) in [5.74, 6) is 0. The Balaban J connectivity index is 2.27. The molecule has 0 radical (unpaired) electrons. The van der Waals surface area contributed by atoms with Crippen LogP contribution in [0.5, 0.6) is 0 Å². The van der Waals surface area contributed by atoms with Crippen molar-refractivity contribution in [2.75, 3.05) is 0 Å². The van der Waals surface area contributed by atoms with Crippen molar-refractivity contribution in [1.82, 2.24) is 0 Å². The van der Waals surface area contributed by atoms with Gasteiger partial charge in [0.05, 0.1) is 0 Å². The summed E-state index contributed by atoms with van der Waals surface area (Å²) in [6.45, 7) is 8.16. The van der Waals surface area contributed by atoms with Gasteiger partial charge in [-0.2, -0.15) is 0 Å². The molecule has 0 aromatic carbocycles. The molecule has 0 bridgehead atoms. The van der Waals surface area contributed by atoms with Crippen molar-refractivity contribution in [3.05, 3.63) is 29.6 Å². The molecule has 0 spiro atoms. The molecule has 0 aliphatic rings. The number of aryl methyl sites for hydroxylation is 3. The summed E-state index contributed by atoms with van der Waals surface area (Å²) in [5.41, 5.74) is 3.34. The van der Waals surface area contributed by atoms with Gasteiger partial charge in [-0.3, -0.25) is 0 Å². The van der Waals surface area contributed by atoms with Crippen LogP contribution in [0.1, 0.15) is 276 Å². The van der Waals surface area contributed by atoms with E-state index >= 15 is 0 Å². The van der Waals surface area contributed by atoms with Gasteiger partial charge in [0.25, 0.3) is 0 Å². The Bertz CT molecular complexity index is 783. The molecule has 1 rings (SSSR count). The maximum absolute atomic E-state index is 2.56. The van der Waals surface area contributed by atoms with Gasteiger partial charge in [-0.1, -0.05) is 239 Å². The summed E-state index contributed by atoms with van der Waals surface area (Å²) in [5, 5.41) is 0. The van der Waals surface area contributed by atoms with Crippen molar-refractivity contribution in [3.63, 3.8) is 0 Å². The Morgan fingerprint density at radius 3 is 0.880 bits per heavy atom. The summed E-state index contributed by atoms with van der Waals surface area (Å²) < 4.78 is 2.54. The van der Waals surface area contributed by atoms with Crippen LogP contribution < -0.4 is 4.57 Å². The molecule has 1 heteroatoms. The van der Waals surface area contributed by atoms with Crippen LogP contribution in [-0.4, -0.2) is 0 Å². The minimum Gasteiger partial charge on any atom is -0.205 e. The molecule has 1 heterocycles. The van der Waals surface area contributed by atoms with E-state index in [-0.39, 0.29) is 0 Å². The molecule has 1 aromatic rings. The molecule has 0 N–H and O–H groups in total. The zero-order valence-corrected chi connectivity index (χ0v) is 35.2. The Hall–Kier alpha value is -0.850. The summed E-state index contributed by atoms with van der Waals surface area (Å²) in [6, 6.07) is 2.51. The van der Waals surface area contributed by atoms with Crippen molar-refractivity contribution in [3.8, 4) is 0 Å². The number of pyridine rings is 1. The minimum atomic E-state index is 1.21. The van der Waals surface area contributed by atoms with E-state index in [0.29, 0.717) is 0 Å². The average Bonchev–Trinajstić information content (AvgIpc) is 3.13. The SMILES string of the molecule is CCCCCCCCCCCCCCCCCC[n+]1ccc(CCCCCCCCCCCCC)c(CCCCCCCCCCCCC)c1. The fourth-order valence-electron chi connectivity index (χ4n) is 8.03. The normalized spacial score (nSPS) is 11.6. The van der Waals surface area contributed by atoms with Crippen molar-refractivity contribution in [2.45, 2.75) is 284 Å². The Morgan fingerprint density at radius 1 is 0.300 bits per heavy atom. The number of hydrogen-bond donors (Lipinski definition) is 0. The molecule has 1 nitrogen and oxygen atoms in total. The third-order valence-electron chi connectivity index (χ3n) is 11.6. The van der Waals surface area contributed by atoms with Crippen molar-refractivity contribution in [1.29, 1.82) is 0 Å². The first-order chi connectivity index (χ1) is 24.8. The summed E-state index contributed by atoms with van der Waals surface area (Å²) in [7, 11) is 0. The highest BCUT2D eigenvalue weighted by Crippen LogP contribution is 2.19. The van der Waals surface area contributed by atoms with Crippen LogP contribution in [0.15, 0.2) is 18.5 Å². The first-order valence-corrected chi connectivity index (χ1v) is 23.8. The van der Waals surface area contributed by atoms with Gasteiger partial charge in [-0.15, -0.1) is 0 Å². The highest BCUT2D eigenvalue weighted by molar-refractivity contribution is 5.21. The van der Waals surface area contributed by atoms with Gasteiger partial charge in [0.1, 0.15) is 6.54 Å². The Labute approximate surface area is 317 Å². The third-order valence-corrected chi connectivity index (χ3v) is 11.6. The number of rotatable bonds is 41. The van der Waals surface area contributed by atoms with Crippen molar-refractivity contribution >= 4 is 0 Å². The topological polar surface area (TPSA) is 3.88 Å². The second kappa shape index (κ2) is 39.4. The van der Waals surface area contributed by atoms with Gasteiger partial charge in [-0.05, 0) is 37.7 Å². The molecule has 0 amide bonds. The average molecular weight is 697 g/mol. The van der Waals surface area contributed by atoms with E-state index in [1.165, 1.54) is 263 Å². The van der Waals surface area contributed by atoms with E-state index in [1.807, 2.05) is 0 Å². The number of aromatic nitrogens is 1. The molecule has 0 aliphatic heterocycles. The van der Waals surface area contributed by atoms with Crippen molar-refractivity contribution in [2.24, 2.45) is 0 Å². The van der Waals surface area contributed by atoms with Gasteiger partial charge < -0.3 is 0 Å². The van der Waals surface area contributed by atoms with Crippen LogP contribution in [0, 0.1) is 0 Å². The van der Waals surface area contributed by atoms with Crippen LogP contribution in [-0.2, 0) is 19.4 Å². The van der Waals surface area contributed by atoms with Gasteiger partial charge in [0, 0.05) is 18.1 Å². The number of hydrogen-bond acceptors (Lipinski definition) is 0. The monoisotopic (exact) mass is 697 g/mol. The maximum Gasteiger partial charge on any atom is 0.172 e. The molecule has 0 fully saturated rings.